The summed E-state index contributed by atoms with van der Waals surface area (Å²) in [5.74, 6) is 0.447. The Morgan fingerprint density at radius 1 is 1.21 bits per heavy atom. The molecule has 0 atom stereocenters. The highest BCUT2D eigenvalue weighted by Crippen LogP contribution is 2.10. The van der Waals surface area contributed by atoms with E-state index in [4.69, 9.17) is 11.6 Å². The van der Waals surface area contributed by atoms with E-state index in [0.717, 1.165) is 5.56 Å². The number of nitro benzene ring substituents is 1. The second-order valence-electron chi connectivity index (χ2n) is 3.46. The van der Waals surface area contributed by atoms with Gasteiger partial charge in [0.05, 0.1) is 11.1 Å². The molecule has 1 heterocycles. The molecule has 2 aromatic rings. The van der Waals surface area contributed by atoms with E-state index in [-0.39, 0.29) is 5.69 Å². The third-order valence-corrected chi connectivity index (χ3v) is 2.33. The normalized spacial score (nSPS) is 10.6. The Balaban J connectivity index is 1.98. The fourth-order valence-electron chi connectivity index (χ4n) is 1.23. The molecule has 0 amide bonds. The van der Waals surface area contributed by atoms with Crippen molar-refractivity contribution in [3.8, 4) is 0 Å². The molecule has 7 nitrogen and oxygen atoms in total. The molecule has 0 saturated carbocycles. The van der Waals surface area contributed by atoms with E-state index in [1.165, 1.54) is 18.3 Å². The van der Waals surface area contributed by atoms with Crippen LogP contribution in [0.1, 0.15) is 5.56 Å². The minimum atomic E-state index is -0.456. The number of nitro groups is 1. The molecule has 0 radical (unpaired) electrons. The van der Waals surface area contributed by atoms with Crippen LogP contribution in [0.4, 0.5) is 11.5 Å². The van der Waals surface area contributed by atoms with Crippen molar-refractivity contribution in [1.82, 2.24) is 10.2 Å². The third-order valence-electron chi connectivity index (χ3n) is 2.13. The first-order valence-electron chi connectivity index (χ1n) is 5.18. The number of nitrogens with zero attached hydrogens (tertiary/aromatic N) is 4. The van der Waals surface area contributed by atoms with E-state index in [1.807, 2.05) is 0 Å². The molecule has 1 aromatic heterocycles. The van der Waals surface area contributed by atoms with Crippen molar-refractivity contribution in [2.45, 2.75) is 0 Å². The quantitative estimate of drug-likeness (QED) is 0.526. The molecule has 0 aliphatic heterocycles. The lowest BCUT2D eigenvalue weighted by molar-refractivity contribution is -0.384. The van der Waals surface area contributed by atoms with Gasteiger partial charge in [-0.3, -0.25) is 15.5 Å². The number of hydrazone groups is 1. The highest BCUT2D eigenvalue weighted by atomic mass is 35.5. The van der Waals surface area contributed by atoms with Gasteiger partial charge in [-0.15, -0.1) is 10.2 Å². The van der Waals surface area contributed by atoms with Crippen LogP contribution < -0.4 is 5.43 Å². The predicted molar refractivity (Wildman–Crippen MR) is 71.4 cm³/mol. The summed E-state index contributed by atoms with van der Waals surface area (Å²) in [5.41, 5.74) is 3.42. The van der Waals surface area contributed by atoms with Crippen LogP contribution in [0.25, 0.3) is 0 Å². The average Bonchev–Trinajstić information content (AvgIpc) is 2.41. The standard InChI is InChI=1S/C11H8ClN5O2/c12-10-5-6-11(16-14-10)15-13-7-8-1-3-9(4-2-8)17(18)19/h1-7H,(H,15,16)/b13-7+. The molecule has 0 unspecified atom stereocenters. The summed E-state index contributed by atoms with van der Waals surface area (Å²) in [6.07, 6.45) is 1.51. The number of hydrogen-bond acceptors (Lipinski definition) is 6. The van der Waals surface area contributed by atoms with Gasteiger partial charge in [0.2, 0.25) is 0 Å². The summed E-state index contributed by atoms with van der Waals surface area (Å²) in [6.45, 7) is 0. The zero-order valence-corrected chi connectivity index (χ0v) is 10.3. The lowest BCUT2D eigenvalue weighted by Crippen LogP contribution is -1.95. The van der Waals surface area contributed by atoms with Crippen molar-refractivity contribution in [3.63, 3.8) is 0 Å². The Morgan fingerprint density at radius 3 is 2.53 bits per heavy atom. The van der Waals surface area contributed by atoms with Crippen LogP contribution in [-0.4, -0.2) is 21.3 Å². The van der Waals surface area contributed by atoms with E-state index in [0.29, 0.717) is 11.0 Å². The summed E-state index contributed by atoms with van der Waals surface area (Å²) in [7, 11) is 0. The van der Waals surface area contributed by atoms with Gasteiger partial charge in [-0.05, 0) is 29.8 Å². The molecular formula is C11H8ClN5O2. The number of aromatic nitrogens is 2. The van der Waals surface area contributed by atoms with Crippen LogP contribution in [0.15, 0.2) is 41.5 Å². The molecule has 1 N–H and O–H groups in total. The van der Waals surface area contributed by atoms with E-state index < -0.39 is 4.92 Å². The molecule has 0 aliphatic rings. The van der Waals surface area contributed by atoms with Crippen LogP contribution in [0.2, 0.25) is 5.15 Å². The van der Waals surface area contributed by atoms with Crippen molar-refractivity contribution in [3.05, 3.63) is 57.2 Å². The summed E-state index contributed by atoms with van der Waals surface area (Å²) < 4.78 is 0. The topological polar surface area (TPSA) is 93.3 Å². The Kier molecular flexibility index (Phi) is 3.99. The summed E-state index contributed by atoms with van der Waals surface area (Å²) in [6, 6.07) is 9.21. The van der Waals surface area contributed by atoms with E-state index in [9.17, 15) is 10.1 Å². The zero-order chi connectivity index (χ0) is 13.7. The summed E-state index contributed by atoms with van der Waals surface area (Å²) in [5, 5.41) is 22.1. The highest BCUT2D eigenvalue weighted by molar-refractivity contribution is 6.29. The number of hydrogen-bond donors (Lipinski definition) is 1. The molecule has 2 rings (SSSR count). The van der Waals surface area contributed by atoms with Crippen LogP contribution >= 0.6 is 11.6 Å². The summed E-state index contributed by atoms with van der Waals surface area (Å²) >= 11 is 5.59. The van der Waals surface area contributed by atoms with E-state index in [1.54, 1.807) is 24.3 Å². The SMILES string of the molecule is O=[N+]([O-])c1ccc(/C=N/Nc2ccc(Cl)nn2)cc1. The van der Waals surface area contributed by atoms with Crippen molar-refractivity contribution in [1.29, 1.82) is 0 Å². The van der Waals surface area contributed by atoms with Gasteiger partial charge in [0.1, 0.15) is 0 Å². The zero-order valence-electron chi connectivity index (χ0n) is 9.52. The minimum absolute atomic E-state index is 0.0358. The van der Waals surface area contributed by atoms with E-state index in [2.05, 4.69) is 20.7 Å². The largest absolute Gasteiger partial charge is 0.269 e. The minimum Gasteiger partial charge on any atom is -0.260 e. The maximum absolute atomic E-state index is 10.5. The van der Waals surface area contributed by atoms with Gasteiger partial charge in [0.15, 0.2) is 11.0 Å². The van der Waals surface area contributed by atoms with Crippen molar-refractivity contribution in [2.24, 2.45) is 5.10 Å². The number of benzene rings is 1. The Hall–Kier alpha value is -2.54. The highest BCUT2D eigenvalue weighted by Gasteiger charge is 2.02. The van der Waals surface area contributed by atoms with Gasteiger partial charge in [-0.1, -0.05) is 11.6 Å². The van der Waals surface area contributed by atoms with Crippen molar-refractivity contribution in [2.75, 3.05) is 5.43 Å². The lowest BCUT2D eigenvalue weighted by atomic mass is 10.2. The summed E-state index contributed by atoms with van der Waals surface area (Å²) in [4.78, 5) is 10.0. The van der Waals surface area contributed by atoms with Gasteiger partial charge < -0.3 is 0 Å². The van der Waals surface area contributed by atoms with Gasteiger partial charge >= 0.3 is 0 Å². The second-order valence-corrected chi connectivity index (χ2v) is 3.85. The maximum Gasteiger partial charge on any atom is 0.269 e. The molecule has 0 saturated heterocycles. The molecule has 19 heavy (non-hydrogen) atoms. The average molecular weight is 278 g/mol. The van der Waals surface area contributed by atoms with Crippen LogP contribution in [0.5, 0.6) is 0 Å². The second kappa shape index (κ2) is 5.87. The molecule has 96 valence electrons. The molecule has 1 aromatic carbocycles. The van der Waals surface area contributed by atoms with Crippen molar-refractivity contribution >= 4 is 29.3 Å². The Bertz CT molecular complexity index is 597. The third kappa shape index (κ3) is 3.71. The molecule has 0 bridgehead atoms. The number of nitrogens with one attached hydrogen (secondary N) is 1. The van der Waals surface area contributed by atoms with Crippen LogP contribution in [0, 0.1) is 10.1 Å². The maximum atomic E-state index is 10.5. The van der Waals surface area contributed by atoms with Gasteiger partial charge in [0, 0.05) is 12.1 Å². The first kappa shape index (κ1) is 12.9. The van der Waals surface area contributed by atoms with Crippen molar-refractivity contribution < 1.29 is 4.92 Å². The molecule has 0 spiro atoms. The molecule has 0 fully saturated rings. The van der Waals surface area contributed by atoms with Gasteiger partial charge in [0.25, 0.3) is 5.69 Å². The van der Waals surface area contributed by atoms with E-state index >= 15 is 0 Å². The Morgan fingerprint density at radius 2 is 1.95 bits per heavy atom. The van der Waals surface area contributed by atoms with Crippen LogP contribution in [0.3, 0.4) is 0 Å². The van der Waals surface area contributed by atoms with Gasteiger partial charge in [-0.25, -0.2) is 0 Å². The Labute approximate surface area is 113 Å². The predicted octanol–water partition coefficient (Wildman–Crippen LogP) is 2.48. The molecule has 0 aliphatic carbocycles. The molecule has 8 heteroatoms. The first-order valence-corrected chi connectivity index (χ1v) is 5.56. The van der Waals surface area contributed by atoms with Crippen LogP contribution in [-0.2, 0) is 0 Å². The van der Waals surface area contributed by atoms with Gasteiger partial charge in [-0.2, -0.15) is 5.10 Å². The number of anilines is 1. The number of non-ortho nitro benzene ring substituents is 1. The smallest absolute Gasteiger partial charge is 0.260 e. The number of halogens is 1. The molecular weight excluding hydrogens is 270 g/mol. The fourth-order valence-corrected chi connectivity index (χ4v) is 1.33. The lowest BCUT2D eigenvalue weighted by Gasteiger charge is -1.97. The fraction of sp³-hybridized carbons (Fsp3) is 0. The monoisotopic (exact) mass is 277 g/mol. The first-order chi connectivity index (χ1) is 9.15. The number of rotatable bonds is 4.